The molecule has 0 aliphatic rings. The van der Waals surface area contributed by atoms with Gasteiger partial charge in [0.2, 0.25) is 5.88 Å². The fraction of sp³-hybridized carbons (Fsp3) is 0.438. The number of aromatic nitrogens is 2. The second-order valence-corrected chi connectivity index (χ2v) is 5.04. The Bertz CT molecular complexity index is 593. The first kappa shape index (κ1) is 15.4. The minimum absolute atomic E-state index is 0.630. The van der Waals surface area contributed by atoms with E-state index in [9.17, 15) is 0 Å². The fourth-order valence-electron chi connectivity index (χ4n) is 2.30. The van der Waals surface area contributed by atoms with Crippen molar-refractivity contribution in [1.82, 2.24) is 15.1 Å². The Kier molecular flexibility index (Phi) is 5.22. The van der Waals surface area contributed by atoms with Gasteiger partial charge in [-0.15, -0.1) is 0 Å². The molecule has 1 heterocycles. The second-order valence-electron chi connectivity index (χ2n) is 5.04. The number of ether oxygens (including phenoxy) is 2. The smallest absolute Gasteiger partial charge is 0.216 e. The summed E-state index contributed by atoms with van der Waals surface area (Å²) in [6, 6.07) is 8.07. The SMILES string of the molecule is COc1c(CNCCOc2cccc(C)c2)c(C)nn1C. The van der Waals surface area contributed by atoms with Crippen molar-refractivity contribution in [3.05, 3.63) is 41.1 Å². The molecule has 0 aliphatic carbocycles. The third-order valence-corrected chi connectivity index (χ3v) is 3.32. The van der Waals surface area contributed by atoms with Crippen LogP contribution in [0.5, 0.6) is 11.6 Å². The number of aryl methyl sites for hydroxylation is 3. The highest BCUT2D eigenvalue weighted by Gasteiger charge is 2.12. The molecule has 0 atom stereocenters. The first-order valence-corrected chi connectivity index (χ1v) is 7.08. The van der Waals surface area contributed by atoms with Gasteiger partial charge in [0.25, 0.3) is 0 Å². The molecule has 0 radical (unpaired) electrons. The summed E-state index contributed by atoms with van der Waals surface area (Å²) in [6.45, 7) is 6.17. The number of nitrogens with zero attached hydrogens (tertiary/aromatic N) is 2. The maximum Gasteiger partial charge on any atom is 0.216 e. The lowest BCUT2D eigenvalue weighted by atomic mass is 10.2. The first-order valence-electron chi connectivity index (χ1n) is 7.08. The number of methoxy groups -OCH3 is 1. The van der Waals surface area contributed by atoms with Gasteiger partial charge in [0, 0.05) is 20.1 Å². The maximum atomic E-state index is 5.70. The van der Waals surface area contributed by atoms with Crippen LogP contribution in [0.25, 0.3) is 0 Å². The van der Waals surface area contributed by atoms with Crippen molar-refractivity contribution in [2.24, 2.45) is 7.05 Å². The van der Waals surface area contributed by atoms with Gasteiger partial charge < -0.3 is 14.8 Å². The molecule has 2 aromatic rings. The Balaban J connectivity index is 1.78. The van der Waals surface area contributed by atoms with Gasteiger partial charge >= 0.3 is 0 Å². The lowest BCUT2D eigenvalue weighted by molar-refractivity contribution is 0.312. The molecular weight excluding hydrogens is 266 g/mol. The van der Waals surface area contributed by atoms with Gasteiger partial charge in [0.1, 0.15) is 12.4 Å². The van der Waals surface area contributed by atoms with Crippen LogP contribution < -0.4 is 14.8 Å². The molecule has 0 saturated carbocycles. The highest BCUT2D eigenvalue weighted by atomic mass is 16.5. The van der Waals surface area contributed by atoms with E-state index in [1.54, 1.807) is 11.8 Å². The van der Waals surface area contributed by atoms with Crippen LogP contribution >= 0.6 is 0 Å². The average Bonchev–Trinajstić information content (AvgIpc) is 2.72. The molecule has 5 nitrogen and oxygen atoms in total. The van der Waals surface area contributed by atoms with Crippen LogP contribution in [0, 0.1) is 13.8 Å². The van der Waals surface area contributed by atoms with Crippen molar-refractivity contribution < 1.29 is 9.47 Å². The molecule has 0 bridgehead atoms. The zero-order valence-electron chi connectivity index (χ0n) is 13.1. The van der Waals surface area contributed by atoms with Crippen LogP contribution in [0.3, 0.4) is 0 Å². The Morgan fingerprint density at radius 1 is 1.29 bits per heavy atom. The van der Waals surface area contributed by atoms with E-state index in [1.165, 1.54) is 5.56 Å². The van der Waals surface area contributed by atoms with Gasteiger partial charge in [0.15, 0.2) is 0 Å². The van der Waals surface area contributed by atoms with Gasteiger partial charge in [0.05, 0.1) is 18.4 Å². The first-order chi connectivity index (χ1) is 10.1. The minimum atomic E-state index is 0.630. The monoisotopic (exact) mass is 289 g/mol. The predicted molar refractivity (Wildman–Crippen MR) is 82.9 cm³/mol. The topological polar surface area (TPSA) is 48.3 Å². The third kappa shape index (κ3) is 3.98. The molecule has 5 heteroatoms. The number of hydrogen-bond donors (Lipinski definition) is 1. The number of rotatable bonds is 7. The maximum absolute atomic E-state index is 5.70. The number of nitrogens with one attached hydrogen (secondary N) is 1. The normalized spacial score (nSPS) is 10.7. The predicted octanol–water partition coefficient (Wildman–Crippen LogP) is 2.21. The second kappa shape index (κ2) is 7.13. The van der Waals surface area contributed by atoms with Crippen LogP contribution in [0.4, 0.5) is 0 Å². The molecule has 0 spiro atoms. The molecular formula is C16H23N3O2. The standard InChI is InChI=1S/C16H23N3O2/c1-12-6-5-7-14(10-12)21-9-8-17-11-15-13(2)18-19(3)16(15)20-4/h5-7,10,17H,8-9,11H2,1-4H3. The molecule has 2 rings (SSSR count). The molecule has 0 unspecified atom stereocenters. The molecule has 1 aromatic carbocycles. The van der Waals surface area contributed by atoms with Crippen LogP contribution in [0.1, 0.15) is 16.8 Å². The number of benzene rings is 1. The van der Waals surface area contributed by atoms with E-state index in [0.29, 0.717) is 6.61 Å². The van der Waals surface area contributed by atoms with E-state index in [0.717, 1.165) is 36.0 Å². The molecule has 114 valence electrons. The fourth-order valence-corrected chi connectivity index (χ4v) is 2.30. The van der Waals surface area contributed by atoms with E-state index >= 15 is 0 Å². The van der Waals surface area contributed by atoms with E-state index in [1.807, 2.05) is 32.2 Å². The molecule has 0 fully saturated rings. The highest BCUT2D eigenvalue weighted by molar-refractivity contribution is 5.30. The molecule has 21 heavy (non-hydrogen) atoms. The quantitative estimate of drug-likeness (QED) is 0.794. The van der Waals surface area contributed by atoms with Crippen LogP contribution in [0.2, 0.25) is 0 Å². The third-order valence-electron chi connectivity index (χ3n) is 3.32. The zero-order valence-corrected chi connectivity index (χ0v) is 13.1. The van der Waals surface area contributed by atoms with Crippen molar-refractivity contribution in [3.8, 4) is 11.6 Å². The summed E-state index contributed by atoms with van der Waals surface area (Å²) in [6.07, 6.45) is 0. The zero-order chi connectivity index (χ0) is 15.2. The Labute approximate surface area is 125 Å². The summed E-state index contributed by atoms with van der Waals surface area (Å²) in [5.74, 6) is 1.71. The van der Waals surface area contributed by atoms with Gasteiger partial charge in [-0.3, -0.25) is 0 Å². The van der Waals surface area contributed by atoms with Gasteiger partial charge in [-0.25, -0.2) is 4.68 Å². The highest BCUT2D eigenvalue weighted by Crippen LogP contribution is 2.20. The van der Waals surface area contributed by atoms with Gasteiger partial charge in [-0.05, 0) is 31.5 Å². The van der Waals surface area contributed by atoms with E-state index in [2.05, 4.69) is 23.4 Å². The summed E-state index contributed by atoms with van der Waals surface area (Å²) in [5.41, 5.74) is 3.29. The lowest BCUT2D eigenvalue weighted by Gasteiger charge is -2.09. The minimum Gasteiger partial charge on any atom is -0.492 e. The average molecular weight is 289 g/mol. The summed E-state index contributed by atoms with van der Waals surface area (Å²) in [5, 5.41) is 7.72. The van der Waals surface area contributed by atoms with Crippen LogP contribution in [0.15, 0.2) is 24.3 Å². The lowest BCUT2D eigenvalue weighted by Crippen LogP contribution is -2.21. The summed E-state index contributed by atoms with van der Waals surface area (Å²) < 4.78 is 12.8. The van der Waals surface area contributed by atoms with Crippen molar-refractivity contribution in [2.45, 2.75) is 20.4 Å². The Hall–Kier alpha value is -2.01. The largest absolute Gasteiger partial charge is 0.492 e. The Morgan fingerprint density at radius 2 is 2.10 bits per heavy atom. The number of hydrogen-bond acceptors (Lipinski definition) is 4. The Morgan fingerprint density at radius 3 is 2.81 bits per heavy atom. The molecule has 0 amide bonds. The van der Waals surface area contributed by atoms with Crippen LogP contribution in [-0.4, -0.2) is 30.0 Å². The van der Waals surface area contributed by atoms with Crippen molar-refractivity contribution >= 4 is 0 Å². The summed E-state index contributed by atoms with van der Waals surface area (Å²) >= 11 is 0. The van der Waals surface area contributed by atoms with Gasteiger partial charge in [-0.2, -0.15) is 5.10 Å². The van der Waals surface area contributed by atoms with E-state index in [4.69, 9.17) is 9.47 Å². The van der Waals surface area contributed by atoms with Crippen molar-refractivity contribution in [2.75, 3.05) is 20.3 Å². The van der Waals surface area contributed by atoms with Crippen LogP contribution in [-0.2, 0) is 13.6 Å². The van der Waals surface area contributed by atoms with Crippen molar-refractivity contribution in [3.63, 3.8) is 0 Å². The molecule has 1 N–H and O–H groups in total. The molecule has 0 aliphatic heterocycles. The van der Waals surface area contributed by atoms with E-state index < -0.39 is 0 Å². The summed E-state index contributed by atoms with van der Waals surface area (Å²) in [7, 11) is 3.55. The molecule has 0 saturated heterocycles. The molecule has 1 aromatic heterocycles. The van der Waals surface area contributed by atoms with Crippen molar-refractivity contribution in [1.29, 1.82) is 0 Å². The van der Waals surface area contributed by atoms with E-state index in [-0.39, 0.29) is 0 Å². The van der Waals surface area contributed by atoms with Gasteiger partial charge in [-0.1, -0.05) is 12.1 Å². The summed E-state index contributed by atoms with van der Waals surface area (Å²) in [4.78, 5) is 0.